The van der Waals surface area contributed by atoms with Crippen LogP contribution in [0.1, 0.15) is 25.4 Å². The highest BCUT2D eigenvalue weighted by atomic mass is 32.2. The first-order valence-electron chi connectivity index (χ1n) is 6.21. The Labute approximate surface area is 114 Å². The summed E-state index contributed by atoms with van der Waals surface area (Å²) in [5.41, 5.74) is 0. The molecule has 0 saturated carbocycles. The second-order valence-electron chi connectivity index (χ2n) is 5.00. The first-order valence-corrected chi connectivity index (χ1v) is 8.27. The first kappa shape index (κ1) is 15.8. The third-order valence-corrected chi connectivity index (χ3v) is 3.69. The highest BCUT2D eigenvalue weighted by Gasteiger charge is 2.20. The molecule has 0 fully saturated rings. The van der Waals surface area contributed by atoms with Gasteiger partial charge in [-0.2, -0.15) is 0 Å². The number of carbonyl (C=O) groups excluding carboxylic acids is 1. The van der Waals surface area contributed by atoms with Gasteiger partial charge in [0.2, 0.25) is 5.91 Å². The minimum absolute atomic E-state index is 0.0197. The largest absolute Gasteiger partial charge is 0.466 e. The Hall–Kier alpha value is -1.30. The van der Waals surface area contributed by atoms with Crippen LogP contribution in [0.5, 0.6) is 0 Å². The van der Waals surface area contributed by atoms with E-state index in [0.717, 1.165) is 5.76 Å². The van der Waals surface area contributed by atoms with Gasteiger partial charge in [0.1, 0.15) is 21.4 Å². The molecule has 0 aliphatic rings. The summed E-state index contributed by atoms with van der Waals surface area (Å²) >= 11 is 0. The maximum atomic E-state index is 12.2. The number of carbonyl (C=O) groups is 1. The molecule has 0 bridgehead atoms. The van der Waals surface area contributed by atoms with E-state index < -0.39 is 9.84 Å². The summed E-state index contributed by atoms with van der Waals surface area (Å²) in [6.45, 7) is 5.77. The highest BCUT2D eigenvalue weighted by molar-refractivity contribution is 7.90. The Morgan fingerprint density at radius 1 is 1.37 bits per heavy atom. The number of rotatable bonds is 6. The van der Waals surface area contributed by atoms with Crippen LogP contribution >= 0.6 is 0 Å². The molecule has 1 amide bonds. The molecule has 0 aliphatic heterocycles. The molecule has 1 rings (SSSR count). The molecule has 6 heteroatoms. The van der Waals surface area contributed by atoms with Crippen LogP contribution in [0.15, 0.2) is 16.5 Å². The van der Waals surface area contributed by atoms with Crippen molar-refractivity contribution in [1.82, 2.24) is 4.90 Å². The van der Waals surface area contributed by atoms with Gasteiger partial charge in [-0.1, -0.05) is 0 Å². The lowest BCUT2D eigenvalue weighted by Gasteiger charge is -2.26. The van der Waals surface area contributed by atoms with E-state index in [9.17, 15) is 13.2 Å². The smallest absolute Gasteiger partial charge is 0.230 e. The lowest BCUT2D eigenvalue weighted by molar-refractivity contribution is -0.132. The average Bonchev–Trinajstić information content (AvgIpc) is 2.61. The molecule has 0 atom stereocenters. The zero-order valence-electron chi connectivity index (χ0n) is 11.8. The van der Waals surface area contributed by atoms with E-state index in [1.807, 2.05) is 20.8 Å². The molecule has 19 heavy (non-hydrogen) atoms. The van der Waals surface area contributed by atoms with Crippen molar-refractivity contribution >= 4 is 15.7 Å². The lowest BCUT2D eigenvalue weighted by Crippen LogP contribution is -2.40. The molecular weight excluding hydrogens is 266 g/mol. The molecule has 1 aromatic rings. The van der Waals surface area contributed by atoms with Crippen LogP contribution in [-0.2, 0) is 21.1 Å². The van der Waals surface area contributed by atoms with Crippen LogP contribution in [0.4, 0.5) is 0 Å². The van der Waals surface area contributed by atoms with Gasteiger partial charge in [-0.25, -0.2) is 8.42 Å². The van der Waals surface area contributed by atoms with Crippen molar-refractivity contribution in [3.8, 4) is 0 Å². The summed E-state index contributed by atoms with van der Waals surface area (Å²) < 4.78 is 27.7. The predicted molar refractivity (Wildman–Crippen MR) is 73.7 cm³/mol. The minimum atomic E-state index is -3.07. The standard InChI is InChI=1S/C13H21NO4S/c1-10(2)14(7-8-19(4,16)17)13(15)9-12-6-5-11(3)18-12/h5-6,10H,7-9H2,1-4H3. The zero-order valence-corrected chi connectivity index (χ0v) is 12.7. The van der Waals surface area contributed by atoms with Gasteiger partial charge in [-0.3, -0.25) is 4.79 Å². The number of nitrogens with zero attached hydrogens (tertiary/aromatic N) is 1. The molecule has 0 saturated heterocycles. The third kappa shape index (κ3) is 5.46. The van der Waals surface area contributed by atoms with Crippen LogP contribution < -0.4 is 0 Å². The normalized spacial score (nSPS) is 11.8. The van der Waals surface area contributed by atoms with E-state index in [0.29, 0.717) is 5.76 Å². The zero-order chi connectivity index (χ0) is 14.6. The lowest BCUT2D eigenvalue weighted by atomic mass is 10.2. The number of hydrogen-bond acceptors (Lipinski definition) is 4. The van der Waals surface area contributed by atoms with E-state index >= 15 is 0 Å². The third-order valence-electron chi connectivity index (χ3n) is 2.77. The van der Waals surface area contributed by atoms with Crippen molar-refractivity contribution < 1.29 is 17.6 Å². The number of sulfone groups is 1. The van der Waals surface area contributed by atoms with Gasteiger partial charge < -0.3 is 9.32 Å². The van der Waals surface area contributed by atoms with Crippen molar-refractivity contribution in [2.24, 2.45) is 0 Å². The molecule has 5 nitrogen and oxygen atoms in total. The summed E-state index contributed by atoms with van der Waals surface area (Å²) in [6.07, 6.45) is 1.33. The maximum Gasteiger partial charge on any atom is 0.230 e. The quantitative estimate of drug-likeness (QED) is 0.793. The van der Waals surface area contributed by atoms with Crippen molar-refractivity contribution in [1.29, 1.82) is 0 Å². The van der Waals surface area contributed by atoms with E-state index in [4.69, 9.17) is 4.42 Å². The molecule has 0 radical (unpaired) electrons. The van der Waals surface area contributed by atoms with E-state index in [1.54, 1.807) is 17.0 Å². The van der Waals surface area contributed by atoms with Gasteiger partial charge in [0, 0.05) is 18.8 Å². The fraction of sp³-hybridized carbons (Fsp3) is 0.615. The summed E-state index contributed by atoms with van der Waals surface area (Å²) in [7, 11) is -3.07. The average molecular weight is 287 g/mol. The summed E-state index contributed by atoms with van der Waals surface area (Å²) in [6, 6.07) is 3.53. The summed E-state index contributed by atoms with van der Waals surface area (Å²) in [4.78, 5) is 13.7. The van der Waals surface area contributed by atoms with E-state index in [2.05, 4.69) is 0 Å². The Balaban J connectivity index is 2.68. The second-order valence-corrected chi connectivity index (χ2v) is 7.26. The van der Waals surface area contributed by atoms with Crippen LogP contribution in [0.25, 0.3) is 0 Å². The molecule has 108 valence electrons. The summed E-state index contributed by atoms with van der Waals surface area (Å²) in [5.74, 6) is 1.23. The van der Waals surface area contributed by atoms with Gasteiger partial charge in [0.25, 0.3) is 0 Å². The molecule has 0 aromatic carbocycles. The monoisotopic (exact) mass is 287 g/mol. The van der Waals surface area contributed by atoms with E-state index in [1.165, 1.54) is 6.26 Å². The second kappa shape index (κ2) is 6.23. The fourth-order valence-electron chi connectivity index (χ4n) is 1.77. The molecule has 0 N–H and O–H groups in total. The molecule has 0 aliphatic carbocycles. The fourth-order valence-corrected chi connectivity index (χ4v) is 2.29. The van der Waals surface area contributed by atoms with Gasteiger partial charge in [0.15, 0.2) is 0 Å². The number of aryl methyl sites for hydroxylation is 1. The molecule has 1 aromatic heterocycles. The van der Waals surface area contributed by atoms with Crippen molar-refractivity contribution in [3.63, 3.8) is 0 Å². The van der Waals surface area contributed by atoms with Crippen molar-refractivity contribution in [3.05, 3.63) is 23.7 Å². The predicted octanol–water partition coefficient (Wildman–Crippen LogP) is 1.41. The minimum Gasteiger partial charge on any atom is -0.466 e. The van der Waals surface area contributed by atoms with Gasteiger partial charge in [-0.05, 0) is 32.9 Å². The maximum absolute atomic E-state index is 12.2. The first-order chi connectivity index (χ1) is 8.69. The van der Waals surface area contributed by atoms with Crippen molar-refractivity contribution in [2.45, 2.75) is 33.2 Å². The number of amides is 1. The SMILES string of the molecule is Cc1ccc(CC(=O)N(CCS(C)(=O)=O)C(C)C)o1. The highest BCUT2D eigenvalue weighted by Crippen LogP contribution is 2.10. The number of furan rings is 1. The van der Waals surface area contributed by atoms with Gasteiger partial charge in [-0.15, -0.1) is 0 Å². The molecule has 0 spiro atoms. The molecular formula is C13H21NO4S. The summed E-state index contributed by atoms with van der Waals surface area (Å²) in [5, 5.41) is 0. The van der Waals surface area contributed by atoms with Gasteiger partial charge in [0.05, 0.1) is 12.2 Å². The van der Waals surface area contributed by atoms with Crippen LogP contribution in [-0.4, -0.2) is 43.8 Å². The van der Waals surface area contributed by atoms with Crippen molar-refractivity contribution in [2.75, 3.05) is 18.6 Å². The molecule has 0 unspecified atom stereocenters. The van der Waals surface area contributed by atoms with Gasteiger partial charge >= 0.3 is 0 Å². The number of hydrogen-bond donors (Lipinski definition) is 0. The Bertz CT molecular complexity index is 531. The van der Waals surface area contributed by atoms with E-state index in [-0.39, 0.29) is 30.7 Å². The Morgan fingerprint density at radius 2 is 2.00 bits per heavy atom. The van der Waals surface area contributed by atoms with Crippen LogP contribution in [0.2, 0.25) is 0 Å². The topological polar surface area (TPSA) is 67.6 Å². The molecule has 1 heterocycles. The van der Waals surface area contributed by atoms with Crippen LogP contribution in [0, 0.1) is 6.92 Å². The Morgan fingerprint density at radius 3 is 2.42 bits per heavy atom. The Kier molecular flexibility index (Phi) is 5.17. The van der Waals surface area contributed by atoms with Crippen LogP contribution in [0.3, 0.4) is 0 Å².